The number of piperidine rings is 1. The Kier molecular flexibility index (Phi) is 8.42. The van der Waals surface area contributed by atoms with Gasteiger partial charge in [-0.3, -0.25) is 9.69 Å². The van der Waals surface area contributed by atoms with E-state index >= 15 is 0 Å². The smallest absolute Gasteiger partial charge is 0.416 e. The molecule has 3 saturated heterocycles. The molecule has 1 unspecified atom stereocenters. The first kappa shape index (κ1) is 28.2. The highest BCUT2D eigenvalue weighted by molar-refractivity contribution is 5.78. The van der Waals surface area contributed by atoms with Gasteiger partial charge >= 0.3 is 12.3 Å². The van der Waals surface area contributed by atoms with Crippen molar-refractivity contribution in [3.05, 3.63) is 35.4 Å². The highest BCUT2D eigenvalue weighted by Crippen LogP contribution is 2.37. The maximum Gasteiger partial charge on any atom is 0.416 e. The van der Waals surface area contributed by atoms with Crippen LogP contribution in [0.2, 0.25) is 0 Å². The molecule has 1 aliphatic carbocycles. The number of rotatable bonds is 7. The molecule has 4 fully saturated rings. The summed E-state index contributed by atoms with van der Waals surface area (Å²) in [6.45, 7) is 4.76. The fourth-order valence-corrected chi connectivity index (χ4v) is 6.67. The second kappa shape index (κ2) is 11.6. The molecule has 7 nitrogen and oxygen atoms in total. The Bertz CT molecular complexity index is 996. The summed E-state index contributed by atoms with van der Waals surface area (Å²) in [5, 5.41) is 0. The van der Waals surface area contributed by atoms with Crippen LogP contribution in [-0.2, 0) is 27.0 Å². The van der Waals surface area contributed by atoms with Crippen molar-refractivity contribution in [1.29, 1.82) is 0 Å². The minimum atomic E-state index is -4.33. The summed E-state index contributed by atoms with van der Waals surface area (Å²) in [6.07, 6.45) is 2.69. The van der Waals surface area contributed by atoms with Crippen LogP contribution in [0.15, 0.2) is 24.3 Å². The molecule has 3 heterocycles. The molecule has 0 radical (unpaired) electrons. The third kappa shape index (κ3) is 6.88. The van der Waals surface area contributed by atoms with E-state index < -0.39 is 17.3 Å². The maximum absolute atomic E-state index is 12.9. The van der Waals surface area contributed by atoms with Crippen LogP contribution in [0.5, 0.6) is 0 Å². The van der Waals surface area contributed by atoms with Crippen LogP contribution in [0, 0.1) is 11.8 Å². The van der Waals surface area contributed by atoms with Crippen molar-refractivity contribution in [2.45, 2.75) is 75.8 Å². The van der Waals surface area contributed by atoms with Gasteiger partial charge in [0, 0.05) is 65.1 Å². The van der Waals surface area contributed by atoms with E-state index in [1.54, 1.807) is 0 Å². The van der Waals surface area contributed by atoms with Gasteiger partial charge in [0.15, 0.2) is 0 Å². The molecule has 1 spiro atoms. The molecular weight excluding hydrogens is 511 g/mol. The number of nitrogens with zero attached hydrogens (tertiary/aromatic N) is 3. The summed E-state index contributed by atoms with van der Waals surface area (Å²) in [6, 6.07) is 5.33. The summed E-state index contributed by atoms with van der Waals surface area (Å²) in [4.78, 5) is 31.6. The Morgan fingerprint density at radius 3 is 2.38 bits per heavy atom. The topological polar surface area (TPSA) is 62.3 Å². The number of carbonyl (C=O) groups excluding carboxylic acids is 2. The zero-order valence-electron chi connectivity index (χ0n) is 22.8. The summed E-state index contributed by atoms with van der Waals surface area (Å²) in [5.41, 5.74) is -0.272. The van der Waals surface area contributed by atoms with Gasteiger partial charge in [-0.15, -0.1) is 0 Å². The average Bonchev–Trinajstić information content (AvgIpc) is 3.53. The van der Waals surface area contributed by atoms with E-state index in [-0.39, 0.29) is 24.0 Å². The zero-order chi connectivity index (χ0) is 27.6. The van der Waals surface area contributed by atoms with Crippen LogP contribution in [0.25, 0.3) is 0 Å². The Labute approximate surface area is 228 Å². The minimum absolute atomic E-state index is 0.0542. The van der Waals surface area contributed by atoms with Crippen molar-refractivity contribution in [3.63, 3.8) is 0 Å². The molecule has 5 rings (SSSR count). The predicted octanol–water partition coefficient (Wildman–Crippen LogP) is 4.94. The Balaban J connectivity index is 1.04. The van der Waals surface area contributed by atoms with Crippen molar-refractivity contribution in [2.75, 3.05) is 46.4 Å². The predicted molar refractivity (Wildman–Crippen MR) is 139 cm³/mol. The molecular formula is C29H40F3N3O4. The molecule has 2 amide bonds. The van der Waals surface area contributed by atoms with Crippen LogP contribution in [-0.4, -0.2) is 84.8 Å². The monoisotopic (exact) mass is 551 g/mol. The van der Waals surface area contributed by atoms with Gasteiger partial charge in [-0.2, -0.15) is 13.2 Å². The van der Waals surface area contributed by atoms with E-state index in [0.29, 0.717) is 44.9 Å². The van der Waals surface area contributed by atoms with Gasteiger partial charge < -0.3 is 19.3 Å². The molecule has 1 atom stereocenters. The number of likely N-dealkylation sites (tertiary alicyclic amines) is 1. The first-order chi connectivity index (χ1) is 18.6. The van der Waals surface area contributed by atoms with Crippen molar-refractivity contribution >= 4 is 12.0 Å². The summed E-state index contributed by atoms with van der Waals surface area (Å²) in [7, 11) is 1.88. The fourth-order valence-electron chi connectivity index (χ4n) is 6.67. The molecule has 1 aromatic rings. The number of carbonyl (C=O) groups is 2. The number of alkyl halides is 3. The zero-order valence-corrected chi connectivity index (χ0v) is 22.8. The lowest BCUT2D eigenvalue weighted by atomic mass is 9.81. The minimum Gasteiger partial charge on any atom is -0.441 e. The Morgan fingerprint density at radius 2 is 1.77 bits per heavy atom. The SMILES string of the molecule is CN(CC1CCCO1)C(=O)C1CCC(CN2CC3(CCN(Cc4ccc(C(F)(F)F)cc4)CC3)OC2=O)CC1. The van der Waals surface area contributed by atoms with Crippen LogP contribution >= 0.6 is 0 Å². The van der Waals surface area contributed by atoms with Crippen LogP contribution in [0.3, 0.4) is 0 Å². The molecule has 216 valence electrons. The van der Waals surface area contributed by atoms with Gasteiger partial charge in [-0.1, -0.05) is 12.1 Å². The number of ether oxygens (including phenoxy) is 2. The third-order valence-electron chi connectivity index (χ3n) is 9.05. The van der Waals surface area contributed by atoms with Gasteiger partial charge in [0.25, 0.3) is 0 Å². The van der Waals surface area contributed by atoms with Crippen molar-refractivity contribution in [3.8, 4) is 0 Å². The lowest BCUT2D eigenvalue weighted by Gasteiger charge is -2.37. The van der Waals surface area contributed by atoms with Gasteiger partial charge in [-0.25, -0.2) is 4.79 Å². The second-order valence-corrected chi connectivity index (χ2v) is 12.0. The van der Waals surface area contributed by atoms with Gasteiger partial charge in [-0.05, 0) is 62.1 Å². The third-order valence-corrected chi connectivity index (χ3v) is 9.05. The van der Waals surface area contributed by atoms with Crippen molar-refractivity contribution < 1.29 is 32.2 Å². The fraction of sp³-hybridized carbons (Fsp3) is 0.724. The molecule has 1 saturated carbocycles. The lowest BCUT2D eigenvalue weighted by Crippen LogP contribution is -2.47. The standard InChI is InChI=1S/C29H40F3N3O4/c1-33(19-25-3-2-16-38-25)26(36)23-8-4-22(5-9-23)18-35-20-28(39-27(35)37)12-14-34(15-13-28)17-21-6-10-24(11-7-21)29(30,31)32/h6-7,10-11,22-23,25H,2-5,8-9,12-20H2,1H3. The Hall–Kier alpha value is -2.33. The lowest BCUT2D eigenvalue weighted by molar-refractivity contribution is -0.138. The number of benzene rings is 1. The largest absolute Gasteiger partial charge is 0.441 e. The van der Waals surface area contributed by atoms with E-state index in [1.165, 1.54) is 12.1 Å². The number of halogens is 3. The van der Waals surface area contributed by atoms with E-state index in [9.17, 15) is 22.8 Å². The number of hydrogen-bond acceptors (Lipinski definition) is 5. The molecule has 0 aromatic heterocycles. The second-order valence-electron chi connectivity index (χ2n) is 12.0. The average molecular weight is 552 g/mol. The first-order valence-electron chi connectivity index (χ1n) is 14.3. The van der Waals surface area contributed by atoms with E-state index in [2.05, 4.69) is 4.90 Å². The van der Waals surface area contributed by atoms with Gasteiger partial charge in [0.05, 0.1) is 18.2 Å². The molecule has 1 aromatic carbocycles. The number of likely N-dealkylation sites (N-methyl/N-ethyl adjacent to an activating group) is 1. The summed E-state index contributed by atoms with van der Waals surface area (Å²) in [5.74, 6) is 0.644. The maximum atomic E-state index is 12.9. The highest BCUT2D eigenvalue weighted by atomic mass is 19.4. The first-order valence-corrected chi connectivity index (χ1v) is 14.3. The number of hydrogen-bond donors (Lipinski definition) is 0. The summed E-state index contributed by atoms with van der Waals surface area (Å²) >= 11 is 0. The molecule has 4 aliphatic rings. The molecule has 10 heteroatoms. The van der Waals surface area contributed by atoms with Crippen LogP contribution in [0.4, 0.5) is 18.0 Å². The highest BCUT2D eigenvalue weighted by Gasteiger charge is 2.47. The van der Waals surface area contributed by atoms with Gasteiger partial charge in [0.2, 0.25) is 5.91 Å². The van der Waals surface area contributed by atoms with Crippen LogP contribution in [0.1, 0.15) is 62.5 Å². The molecule has 39 heavy (non-hydrogen) atoms. The van der Waals surface area contributed by atoms with Crippen molar-refractivity contribution in [2.24, 2.45) is 11.8 Å². The molecule has 3 aliphatic heterocycles. The van der Waals surface area contributed by atoms with E-state index in [4.69, 9.17) is 9.47 Å². The normalized spacial score (nSPS) is 27.6. The number of amides is 2. The summed E-state index contributed by atoms with van der Waals surface area (Å²) < 4.78 is 50.1. The van der Waals surface area contributed by atoms with Crippen LogP contribution < -0.4 is 0 Å². The quantitative estimate of drug-likeness (QED) is 0.481. The van der Waals surface area contributed by atoms with Crippen molar-refractivity contribution in [1.82, 2.24) is 14.7 Å². The van der Waals surface area contributed by atoms with E-state index in [1.807, 2.05) is 16.8 Å². The molecule has 0 N–H and O–H groups in total. The van der Waals surface area contributed by atoms with Gasteiger partial charge in [0.1, 0.15) is 5.60 Å². The van der Waals surface area contributed by atoms with E-state index in [0.717, 1.165) is 75.9 Å². The molecule has 0 bridgehead atoms. The Morgan fingerprint density at radius 1 is 1.08 bits per heavy atom.